The van der Waals surface area contributed by atoms with E-state index >= 15 is 0 Å². The first-order valence-corrected chi connectivity index (χ1v) is 6.50. The normalized spacial score (nSPS) is 10.8. The molecule has 0 fully saturated rings. The van der Waals surface area contributed by atoms with Gasteiger partial charge < -0.3 is 5.43 Å². The lowest BCUT2D eigenvalue weighted by Gasteiger charge is -2.09. The van der Waals surface area contributed by atoms with E-state index in [1.165, 1.54) is 11.3 Å². The highest BCUT2D eigenvalue weighted by atomic mass is 32.1. The predicted octanol–water partition coefficient (Wildman–Crippen LogP) is 1.19. The fourth-order valence-electron chi connectivity index (χ4n) is 1.89. The van der Waals surface area contributed by atoms with Crippen molar-refractivity contribution in [1.29, 1.82) is 0 Å². The number of fused-ring (bicyclic) bond motifs is 1. The van der Waals surface area contributed by atoms with Crippen LogP contribution in [0, 0.1) is 0 Å². The lowest BCUT2D eigenvalue weighted by Crippen LogP contribution is -2.22. The fourth-order valence-corrected chi connectivity index (χ4v) is 2.61. The van der Waals surface area contributed by atoms with Crippen molar-refractivity contribution in [3.63, 3.8) is 0 Å². The molecule has 19 heavy (non-hydrogen) atoms. The fraction of sp³-hybridized carbons (Fsp3) is 0.0833. The van der Waals surface area contributed by atoms with Crippen molar-refractivity contribution in [2.45, 2.75) is 6.54 Å². The maximum atomic E-state index is 12.3. The van der Waals surface area contributed by atoms with Crippen molar-refractivity contribution < 1.29 is 0 Å². The van der Waals surface area contributed by atoms with Crippen LogP contribution in [0.4, 0.5) is 5.82 Å². The number of rotatable bonds is 3. The van der Waals surface area contributed by atoms with Crippen LogP contribution in [0.2, 0.25) is 0 Å². The van der Waals surface area contributed by atoms with Gasteiger partial charge in [-0.2, -0.15) is 0 Å². The van der Waals surface area contributed by atoms with Crippen molar-refractivity contribution in [2.24, 2.45) is 5.84 Å². The molecule has 3 aromatic rings. The average Bonchev–Trinajstić information content (AvgIpc) is 2.92. The summed E-state index contributed by atoms with van der Waals surface area (Å²) in [6.45, 7) is 0.380. The van der Waals surface area contributed by atoms with E-state index < -0.39 is 0 Å². The second kappa shape index (κ2) is 4.79. The van der Waals surface area contributed by atoms with Gasteiger partial charge in [-0.15, -0.1) is 11.3 Å². The van der Waals surface area contributed by atoms with Gasteiger partial charge >= 0.3 is 0 Å². The van der Waals surface area contributed by atoms with Crippen LogP contribution in [0.1, 0.15) is 5.56 Å². The standard InChI is InChI=1S/C12H11N5OS/c13-16-10-8(2-1-4-14-10)6-17-7-15-11-9(12(17)18)3-5-19-11/h1-5,7H,6,13H2,(H,14,16). The third kappa shape index (κ3) is 2.09. The van der Waals surface area contributed by atoms with Crippen LogP contribution in [0.5, 0.6) is 0 Å². The van der Waals surface area contributed by atoms with E-state index in [9.17, 15) is 4.79 Å². The summed E-state index contributed by atoms with van der Waals surface area (Å²) in [6, 6.07) is 5.46. The molecule has 3 N–H and O–H groups in total. The Balaban J connectivity index is 2.06. The molecule has 0 saturated carbocycles. The first kappa shape index (κ1) is 11.8. The smallest absolute Gasteiger partial charge is 0.262 e. The van der Waals surface area contributed by atoms with E-state index in [2.05, 4.69) is 15.4 Å². The Bertz CT molecular complexity index is 779. The van der Waals surface area contributed by atoms with E-state index in [0.29, 0.717) is 17.7 Å². The molecule has 0 aliphatic carbocycles. The van der Waals surface area contributed by atoms with Crippen molar-refractivity contribution in [3.05, 3.63) is 52.0 Å². The zero-order chi connectivity index (χ0) is 13.2. The molecule has 0 amide bonds. The van der Waals surface area contributed by atoms with Crippen molar-refractivity contribution in [1.82, 2.24) is 14.5 Å². The summed E-state index contributed by atoms with van der Waals surface area (Å²) < 4.78 is 1.55. The number of nitrogens with zero attached hydrogens (tertiary/aromatic N) is 3. The van der Waals surface area contributed by atoms with Crippen molar-refractivity contribution >= 4 is 27.4 Å². The molecule has 0 unspecified atom stereocenters. The molecule has 0 saturated heterocycles. The second-order valence-corrected chi connectivity index (χ2v) is 4.87. The Morgan fingerprint density at radius 1 is 1.37 bits per heavy atom. The number of aromatic nitrogens is 3. The molecule has 0 aliphatic rings. The van der Waals surface area contributed by atoms with E-state index in [-0.39, 0.29) is 5.56 Å². The van der Waals surface area contributed by atoms with E-state index in [0.717, 1.165) is 10.4 Å². The molecule has 0 spiro atoms. The Hall–Kier alpha value is -2.25. The second-order valence-electron chi connectivity index (χ2n) is 3.97. The number of thiophene rings is 1. The van der Waals surface area contributed by atoms with Gasteiger partial charge in [-0.1, -0.05) is 6.07 Å². The number of hydrazine groups is 1. The van der Waals surface area contributed by atoms with Crippen LogP contribution in [0.25, 0.3) is 10.2 Å². The van der Waals surface area contributed by atoms with Crippen LogP contribution in [0.3, 0.4) is 0 Å². The van der Waals surface area contributed by atoms with Crippen molar-refractivity contribution in [3.8, 4) is 0 Å². The van der Waals surface area contributed by atoms with Crippen LogP contribution >= 0.6 is 11.3 Å². The summed E-state index contributed by atoms with van der Waals surface area (Å²) in [4.78, 5) is 21.4. The van der Waals surface area contributed by atoms with Gasteiger partial charge in [-0.25, -0.2) is 15.8 Å². The molecular formula is C12H11N5OS. The highest BCUT2D eigenvalue weighted by Crippen LogP contribution is 2.15. The Kier molecular flexibility index (Phi) is 2.98. The van der Waals surface area contributed by atoms with E-state index in [1.807, 2.05) is 11.4 Å². The van der Waals surface area contributed by atoms with Crippen LogP contribution in [-0.2, 0) is 6.54 Å². The molecule has 0 aliphatic heterocycles. The predicted molar refractivity (Wildman–Crippen MR) is 75.0 cm³/mol. The Labute approximate surface area is 112 Å². The highest BCUT2D eigenvalue weighted by molar-refractivity contribution is 7.16. The minimum atomic E-state index is -0.0573. The lowest BCUT2D eigenvalue weighted by molar-refractivity contribution is 0.747. The van der Waals surface area contributed by atoms with Gasteiger partial charge in [0.05, 0.1) is 18.3 Å². The maximum Gasteiger partial charge on any atom is 0.262 e. The molecular weight excluding hydrogens is 262 g/mol. The zero-order valence-corrected chi connectivity index (χ0v) is 10.7. The molecule has 3 aromatic heterocycles. The van der Waals surface area contributed by atoms with Gasteiger partial charge in [0.15, 0.2) is 0 Å². The third-order valence-electron chi connectivity index (χ3n) is 2.82. The topological polar surface area (TPSA) is 85.8 Å². The van der Waals surface area contributed by atoms with Gasteiger partial charge in [-0.05, 0) is 17.5 Å². The van der Waals surface area contributed by atoms with Gasteiger partial charge in [-0.3, -0.25) is 9.36 Å². The minimum Gasteiger partial charge on any atom is -0.308 e. The molecule has 7 heteroatoms. The Morgan fingerprint density at radius 3 is 3.11 bits per heavy atom. The Morgan fingerprint density at radius 2 is 2.26 bits per heavy atom. The summed E-state index contributed by atoms with van der Waals surface area (Å²) in [5, 5.41) is 2.50. The number of pyridine rings is 1. The van der Waals surface area contributed by atoms with E-state index in [4.69, 9.17) is 5.84 Å². The summed E-state index contributed by atoms with van der Waals surface area (Å²) in [6.07, 6.45) is 3.19. The molecule has 0 atom stereocenters. The van der Waals surface area contributed by atoms with Crippen LogP contribution in [-0.4, -0.2) is 14.5 Å². The number of nitrogens with two attached hydrogens (primary N) is 1. The van der Waals surface area contributed by atoms with E-state index in [1.54, 1.807) is 29.2 Å². The minimum absolute atomic E-state index is 0.0573. The maximum absolute atomic E-state index is 12.3. The molecule has 96 valence electrons. The molecule has 3 heterocycles. The number of nitrogens with one attached hydrogen (secondary N) is 1. The zero-order valence-electron chi connectivity index (χ0n) is 9.91. The quantitative estimate of drug-likeness (QED) is 0.553. The van der Waals surface area contributed by atoms with Crippen LogP contribution in [0.15, 0.2) is 40.9 Å². The van der Waals surface area contributed by atoms with Gasteiger partial charge in [0, 0.05) is 11.8 Å². The van der Waals surface area contributed by atoms with Gasteiger partial charge in [0.25, 0.3) is 5.56 Å². The van der Waals surface area contributed by atoms with Gasteiger partial charge in [0.2, 0.25) is 0 Å². The first-order chi connectivity index (χ1) is 9.29. The first-order valence-electron chi connectivity index (χ1n) is 5.63. The number of anilines is 1. The summed E-state index contributed by atoms with van der Waals surface area (Å²) >= 11 is 1.46. The average molecular weight is 273 g/mol. The lowest BCUT2D eigenvalue weighted by atomic mass is 10.2. The molecule has 0 radical (unpaired) electrons. The third-order valence-corrected chi connectivity index (χ3v) is 3.64. The molecule has 0 aromatic carbocycles. The summed E-state index contributed by atoms with van der Waals surface area (Å²) in [7, 11) is 0. The summed E-state index contributed by atoms with van der Waals surface area (Å²) in [5.74, 6) is 5.96. The molecule has 6 nitrogen and oxygen atoms in total. The van der Waals surface area contributed by atoms with Gasteiger partial charge in [0.1, 0.15) is 10.6 Å². The van der Waals surface area contributed by atoms with Crippen LogP contribution < -0.4 is 16.8 Å². The number of hydrogen-bond donors (Lipinski definition) is 2. The number of hydrogen-bond acceptors (Lipinski definition) is 6. The summed E-state index contributed by atoms with van der Waals surface area (Å²) in [5.41, 5.74) is 3.30. The van der Waals surface area contributed by atoms with Crippen molar-refractivity contribution in [2.75, 3.05) is 5.43 Å². The highest BCUT2D eigenvalue weighted by Gasteiger charge is 2.08. The molecule has 0 bridgehead atoms. The largest absolute Gasteiger partial charge is 0.308 e. The molecule has 3 rings (SSSR count). The SMILES string of the molecule is NNc1ncccc1Cn1cnc2sccc2c1=O. The number of nitrogen functional groups attached to an aromatic ring is 1. The monoisotopic (exact) mass is 273 g/mol.